The lowest BCUT2D eigenvalue weighted by molar-refractivity contribution is 0.345. The standard InChI is InChI=1S/C22H30O2/c1-6-21(16(3)17-8-12-19(23-4)13-9-17)22(7-2)18-10-14-20(24-5)15-11-18/h8-16,21-22H,6-7H2,1-5H3. The molecular formula is C22H30O2. The minimum absolute atomic E-state index is 0.507. The molecule has 0 aliphatic carbocycles. The van der Waals surface area contributed by atoms with Gasteiger partial charge in [0.05, 0.1) is 14.2 Å². The van der Waals surface area contributed by atoms with Crippen molar-refractivity contribution in [2.75, 3.05) is 14.2 Å². The molecule has 130 valence electrons. The maximum atomic E-state index is 5.30. The van der Waals surface area contributed by atoms with E-state index in [1.165, 1.54) is 11.1 Å². The molecule has 2 aromatic carbocycles. The Bertz CT molecular complexity index is 601. The van der Waals surface area contributed by atoms with E-state index in [1.807, 2.05) is 0 Å². The molecule has 2 heteroatoms. The molecule has 0 saturated heterocycles. The third-order valence-corrected chi connectivity index (χ3v) is 5.26. The van der Waals surface area contributed by atoms with Gasteiger partial charge in [0.1, 0.15) is 11.5 Å². The number of hydrogen-bond acceptors (Lipinski definition) is 2. The van der Waals surface area contributed by atoms with Gasteiger partial charge in [0.25, 0.3) is 0 Å². The van der Waals surface area contributed by atoms with Gasteiger partial charge in [-0.25, -0.2) is 0 Å². The van der Waals surface area contributed by atoms with Crippen molar-refractivity contribution in [2.45, 2.75) is 45.4 Å². The van der Waals surface area contributed by atoms with Crippen LogP contribution in [0.1, 0.15) is 56.6 Å². The van der Waals surface area contributed by atoms with E-state index >= 15 is 0 Å². The quantitative estimate of drug-likeness (QED) is 0.590. The second-order valence-electron chi connectivity index (χ2n) is 6.42. The van der Waals surface area contributed by atoms with Gasteiger partial charge in [-0.1, -0.05) is 51.5 Å². The van der Waals surface area contributed by atoms with Crippen molar-refractivity contribution in [3.05, 3.63) is 59.7 Å². The van der Waals surface area contributed by atoms with Gasteiger partial charge in [0, 0.05) is 0 Å². The smallest absolute Gasteiger partial charge is 0.118 e. The second-order valence-corrected chi connectivity index (χ2v) is 6.42. The summed E-state index contributed by atoms with van der Waals surface area (Å²) in [5, 5.41) is 0. The molecule has 3 unspecified atom stereocenters. The molecule has 0 bridgehead atoms. The maximum absolute atomic E-state index is 5.30. The molecule has 0 radical (unpaired) electrons. The first-order chi connectivity index (χ1) is 11.6. The highest BCUT2D eigenvalue weighted by Crippen LogP contribution is 2.40. The predicted molar refractivity (Wildman–Crippen MR) is 101 cm³/mol. The summed E-state index contributed by atoms with van der Waals surface area (Å²) in [4.78, 5) is 0. The Balaban J connectivity index is 2.24. The zero-order valence-electron chi connectivity index (χ0n) is 15.6. The van der Waals surface area contributed by atoms with E-state index in [0.717, 1.165) is 24.3 Å². The van der Waals surface area contributed by atoms with Crippen molar-refractivity contribution in [3.8, 4) is 11.5 Å². The van der Waals surface area contributed by atoms with Gasteiger partial charge in [-0.15, -0.1) is 0 Å². The van der Waals surface area contributed by atoms with E-state index in [1.54, 1.807) is 14.2 Å². The van der Waals surface area contributed by atoms with Crippen LogP contribution in [0.15, 0.2) is 48.5 Å². The highest BCUT2D eigenvalue weighted by molar-refractivity contribution is 5.32. The molecule has 0 aromatic heterocycles. The SMILES string of the molecule is CCC(c1ccc(OC)cc1)C(CC)C(C)c1ccc(OC)cc1. The van der Waals surface area contributed by atoms with Crippen LogP contribution in [0.3, 0.4) is 0 Å². The molecule has 0 fully saturated rings. The summed E-state index contributed by atoms with van der Waals surface area (Å²) < 4.78 is 10.6. The molecule has 0 saturated carbocycles. The molecule has 3 atom stereocenters. The van der Waals surface area contributed by atoms with Gasteiger partial charge in [0.2, 0.25) is 0 Å². The van der Waals surface area contributed by atoms with Crippen LogP contribution in [0.2, 0.25) is 0 Å². The van der Waals surface area contributed by atoms with E-state index in [0.29, 0.717) is 17.8 Å². The molecule has 0 aliphatic rings. The summed E-state index contributed by atoms with van der Waals surface area (Å²) in [6.45, 7) is 6.94. The first-order valence-corrected chi connectivity index (χ1v) is 8.92. The van der Waals surface area contributed by atoms with E-state index in [-0.39, 0.29) is 0 Å². The Morgan fingerprint density at radius 2 is 1.17 bits per heavy atom. The van der Waals surface area contributed by atoms with Gasteiger partial charge in [-0.2, -0.15) is 0 Å². The first-order valence-electron chi connectivity index (χ1n) is 8.92. The number of hydrogen-bond donors (Lipinski definition) is 0. The number of ether oxygens (including phenoxy) is 2. The number of methoxy groups -OCH3 is 2. The molecule has 24 heavy (non-hydrogen) atoms. The Morgan fingerprint density at radius 1 is 0.708 bits per heavy atom. The van der Waals surface area contributed by atoms with Crippen molar-refractivity contribution in [1.29, 1.82) is 0 Å². The fourth-order valence-corrected chi connectivity index (χ4v) is 3.78. The van der Waals surface area contributed by atoms with Gasteiger partial charge in [-0.3, -0.25) is 0 Å². The van der Waals surface area contributed by atoms with Crippen molar-refractivity contribution < 1.29 is 9.47 Å². The van der Waals surface area contributed by atoms with Crippen molar-refractivity contribution >= 4 is 0 Å². The van der Waals surface area contributed by atoms with Crippen LogP contribution in [0.5, 0.6) is 11.5 Å². The van der Waals surface area contributed by atoms with Crippen LogP contribution < -0.4 is 9.47 Å². The third-order valence-electron chi connectivity index (χ3n) is 5.26. The van der Waals surface area contributed by atoms with E-state index < -0.39 is 0 Å². The normalized spacial score (nSPS) is 14.7. The van der Waals surface area contributed by atoms with Crippen molar-refractivity contribution in [3.63, 3.8) is 0 Å². The van der Waals surface area contributed by atoms with Gasteiger partial charge >= 0.3 is 0 Å². The minimum Gasteiger partial charge on any atom is -0.497 e. The van der Waals surface area contributed by atoms with Crippen LogP contribution >= 0.6 is 0 Å². The topological polar surface area (TPSA) is 18.5 Å². The Kier molecular flexibility index (Phi) is 6.72. The highest BCUT2D eigenvalue weighted by atomic mass is 16.5. The monoisotopic (exact) mass is 326 g/mol. The summed E-state index contributed by atoms with van der Waals surface area (Å²) in [6, 6.07) is 17.1. The van der Waals surface area contributed by atoms with Crippen LogP contribution in [-0.4, -0.2) is 14.2 Å². The first kappa shape index (κ1) is 18.4. The number of benzene rings is 2. The number of rotatable bonds is 8. The average Bonchev–Trinajstić information content (AvgIpc) is 2.65. The van der Waals surface area contributed by atoms with Crippen LogP contribution in [0.4, 0.5) is 0 Å². The summed E-state index contributed by atoms with van der Waals surface area (Å²) in [5.41, 5.74) is 2.79. The third kappa shape index (κ3) is 4.11. The fraction of sp³-hybridized carbons (Fsp3) is 0.455. The van der Waals surface area contributed by atoms with Gasteiger partial charge in [0.15, 0.2) is 0 Å². The fourth-order valence-electron chi connectivity index (χ4n) is 3.78. The van der Waals surface area contributed by atoms with Crippen molar-refractivity contribution in [1.82, 2.24) is 0 Å². The van der Waals surface area contributed by atoms with Crippen molar-refractivity contribution in [2.24, 2.45) is 5.92 Å². The Morgan fingerprint density at radius 3 is 1.54 bits per heavy atom. The molecule has 0 amide bonds. The average molecular weight is 326 g/mol. The lowest BCUT2D eigenvalue weighted by Crippen LogP contribution is -2.18. The Hall–Kier alpha value is -1.96. The Labute approximate surface area is 146 Å². The molecule has 2 rings (SSSR count). The lowest BCUT2D eigenvalue weighted by Gasteiger charge is -2.31. The highest BCUT2D eigenvalue weighted by Gasteiger charge is 2.26. The molecule has 0 aliphatic heterocycles. The molecular weight excluding hydrogens is 296 g/mol. The van der Waals surface area contributed by atoms with E-state index in [9.17, 15) is 0 Å². The summed E-state index contributed by atoms with van der Waals surface area (Å²) in [5.74, 6) is 3.51. The summed E-state index contributed by atoms with van der Waals surface area (Å²) >= 11 is 0. The maximum Gasteiger partial charge on any atom is 0.118 e. The minimum atomic E-state index is 0.507. The predicted octanol–water partition coefficient (Wildman–Crippen LogP) is 6.03. The van der Waals surface area contributed by atoms with Gasteiger partial charge in [-0.05, 0) is 59.6 Å². The molecule has 0 spiro atoms. The zero-order chi connectivity index (χ0) is 17.5. The molecule has 0 N–H and O–H groups in total. The van der Waals surface area contributed by atoms with Gasteiger partial charge < -0.3 is 9.47 Å². The zero-order valence-corrected chi connectivity index (χ0v) is 15.6. The van der Waals surface area contributed by atoms with Crippen LogP contribution in [-0.2, 0) is 0 Å². The molecule has 2 aromatic rings. The lowest BCUT2D eigenvalue weighted by atomic mass is 9.73. The van der Waals surface area contributed by atoms with E-state index in [2.05, 4.69) is 69.3 Å². The second kappa shape index (κ2) is 8.77. The van der Waals surface area contributed by atoms with E-state index in [4.69, 9.17) is 9.47 Å². The largest absolute Gasteiger partial charge is 0.497 e. The van der Waals surface area contributed by atoms with Crippen LogP contribution in [0, 0.1) is 5.92 Å². The molecule has 2 nitrogen and oxygen atoms in total. The summed E-state index contributed by atoms with van der Waals surface area (Å²) in [6.07, 6.45) is 2.31. The summed E-state index contributed by atoms with van der Waals surface area (Å²) in [7, 11) is 3.43. The van der Waals surface area contributed by atoms with Crippen LogP contribution in [0.25, 0.3) is 0 Å². The molecule has 0 heterocycles.